The number of hydroxylamine groups is 1. The molecule has 5 heteroatoms. The highest BCUT2D eigenvalue weighted by molar-refractivity contribution is 7.27. The molecule has 0 aliphatic carbocycles. The van der Waals surface area contributed by atoms with E-state index < -0.39 is 0 Å². The Bertz CT molecular complexity index is 1030. The number of hydrogen-bond donors (Lipinski definition) is 3. The Morgan fingerprint density at radius 1 is 1.15 bits per heavy atom. The zero-order valence-electron chi connectivity index (χ0n) is 14.6. The van der Waals surface area contributed by atoms with Crippen LogP contribution in [0, 0.1) is 0 Å². The predicted octanol–water partition coefficient (Wildman–Crippen LogP) is 4.29. The summed E-state index contributed by atoms with van der Waals surface area (Å²) >= 11 is 0. The van der Waals surface area contributed by atoms with Crippen molar-refractivity contribution >= 4 is 41.9 Å². The molecule has 0 radical (unpaired) electrons. The van der Waals surface area contributed by atoms with Crippen LogP contribution in [-0.4, -0.2) is 22.4 Å². The number of aromatic nitrogens is 1. The molecule has 0 saturated carbocycles. The van der Waals surface area contributed by atoms with Gasteiger partial charge in [-0.2, -0.15) is 0 Å². The number of hydrazine groups is 1. The molecular formula is C21H22N3OP. The van der Waals surface area contributed by atoms with Crippen molar-refractivity contribution in [2.45, 2.75) is 0 Å². The summed E-state index contributed by atoms with van der Waals surface area (Å²) in [6.45, 7) is 3.82. The number of nitrogens with zero attached hydrogens (tertiary/aromatic N) is 1. The number of nitrogens with one attached hydrogen (secondary N) is 2. The average Bonchev–Trinajstić information content (AvgIpc) is 2.97. The Labute approximate surface area is 155 Å². The van der Waals surface area contributed by atoms with Crippen LogP contribution in [-0.2, 0) is 0 Å². The van der Waals surface area contributed by atoms with Gasteiger partial charge >= 0.3 is 0 Å². The van der Waals surface area contributed by atoms with Gasteiger partial charge in [0.05, 0.1) is 0 Å². The predicted molar refractivity (Wildman–Crippen MR) is 114 cm³/mol. The second-order valence-corrected chi connectivity index (χ2v) is 6.59. The minimum Gasteiger partial charge on any atom is -0.355 e. The molecule has 0 amide bonds. The molecule has 4 nitrogen and oxygen atoms in total. The molecule has 1 aromatic heterocycles. The van der Waals surface area contributed by atoms with Crippen molar-refractivity contribution in [2.75, 3.05) is 7.05 Å². The number of rotatable bonds is 6. The molecule has 0 bridgehead atoms. The van der Waals surface area contributed by atoms with Crippen LogP contribution in [0.1, 0.15) is 5.56 Å². The largest absolute Gasteiger partial charge is 0.355 e. The molecule has 1 unspecified atom stereocenters. The Kier molecular flexibility index (Phi) is 5.69. The zero-order valence-corrected chi connectivity index (χ0v) is 15.8. The van der Waals surface area contributed by atoms with E-state index in [1.165, 1.54) is 17.8 Å². The maximum atomic E-state index is 9.03. The fraction of sp³-hybridized carbons (Fsp3) is 0.0476. The van der Waals surface area contributed by atoms with Crippen molar-refractivity contribution in [3.63, 3.8) is 0 Å². The van der Waals surface area contributed by atoms with Gasteiger partial charge in [-0.15, -0.1) is 14.4 Å². The van der Waals surface area contributed by atoms with Crippen LogP contribution in [0.3, 0.4) is 0 Å². The summed E-state index contributed by atoms with van der Waals surface area (Å²) in [6.07, 6.45) is 11.1. The van der Waals surface area contributed by atoms with Crippen LogP contribution >= 0.6 is 9.24 Å². The molecule has 3 rings (SSSR count). The molecule has 1 atom stereocenters. The third kappa shape index (κ3) is 4.12. The van der Waals surface area contributed by atoms with Gasteiger partial charge in [-0.1, -0.05) is 43.0 Å². The molecular weight excluding hydrogens is 341 g/mol. The van der Waals surface area contributed by atoms with Crippen molar-refractivity contribution in [2.24, 2.45) is 0 Å². The van der Waals surface area contributed by atoms with E-state index in [0.29, 0.717) is 0 Å². The second kappa shape index (κ2) is 8.15. The van der Waals surface area contributed by atoms with Gasteiger partial charge in [0, 0.05) is 35.1 Å². The lowest BCUT2D eigenvalue weighted by Crippen LogP contribution is -2.25. The van der Waals surface area contributed by atoms with E-state index in [2.05, 4.69) is 62.6 Å². The first-order valence-corrected chi connectivity index (χ1v) is 8.82. The lowest BCUT2D eigenvalue weighted by molar-refractivity contribution is -0.0984. The zero-order chi connectivity index (χ0) is 18.5. The van der Waals surface area contributed by atoms with Crippen molar-refractivity contribution in [3.05, 3.63) is 85.1 Å². The molecule has 0 saturated heterocycles. The van der Waals surface area contributed by atoms with E-state index in [9.17, 15) is 0 Å². The summed E-state index contributed by atoms with van der Waals surface area (Å²) in [4.78, 5) is 3.46. The molecule has 3 aromatic rings. The third-order valence-electron chi connectivity index (χ3n) is 4.00. The van der Waals surface area contributed by atoms with Crippen LogP contribution in [0.25, 0.3) is 27.4 Å². The van der Waals surface area contributed by atoms with E-state index in [1.807, 2.05) is 24.3 Å². The molecule has 3 N–H and O–H groups in total. The smallest absolute Gasteiger partial charge is 0.0465 e. The van der Waals surface area contributed by atoms with Crippen LogP contribution in [0.2, 0.25) is 0 Å². The van der Waals surface area contributed by atoms with Gasteiger partial charge in [-0.3, -0.25) is 5.21 Å². The van der Waals surface area contributed by atoms with Crippen LogP contribution < -0.4 is 10.7 Å². The highest BCUT2D eigenvalue weighted by Gasteiger charge is 2.06. The molecule has 0 aliphatic heterocycles. The van der Waals surface area contributed by atoms with Crippen molar-refractivity contribution in [1.29, 1.82) is 0 Å². The van der Waals surface area contributed by atoms with Gasteiger partial charge < -0.3 is 10.4 Å². The molecule has 26 heavy (non-hydrogen) atoms. The fourth-order valence-corrected chi connectivity index (χ4v) is 3.10. The van der Waals surface area contributed by atoms with E-state index in [-0.39, 0.29) is 0 Å². The van der Waals surface area contributed by atoms with Gasteiger partial charge in [0.15, 0.2) is 0 Å². The van der Waals surface area contributed by atoms with E-state index in [1.54, 1.807) is 12.3 Å². The van der Waals surface area contributed by atoms with Crippen LogP contribution in [0.5, 0.6) is 0 Å². The Hall–Kier alpha value is -2.65. The number of aromatic amines is 1. The lowest BCUT2D eigenvalue weighted by atomic mass is 10.0. The summed E-state index contributed by atoms with van der Waals surface area (Å²) in [5.41, 5.74) is 7.08. The SMILES string of the molecule is C=C\C=C(/C=C\C=C\NN(C)O)c1ccc2[nH]c3ccc(P)cc3c2c1. The van der Waals surface area contributed by atoms with Crippen LogP contribution in [0.4, 0.5) is 0 Å². The third-order valence-corrected chi connectivity index (χ3v) is 4.36. The first-order valence-electron chi connectivity index (χ1n) is 8.24. The summed E-state index contributed by atoms with van der Waals surface area (Å²) in [5.74, 6) is 0. The van der Waals surface area contributed by atoms with E-state index >= 15 is 0 Å². The van der Waals surface area contributed by atoms with Crippen molar-refractivity contribution < 1.29 is 5.21 Å². The summed E-state index contributed by atoms with van der Waals surface area (Å²) < 4.78 is 0. The monoisotopic (exact) mass is 363 g/mol. The fourth-order valence-electron chi connectivity index (χ4n) is 2.84. The summed E-state index contributed by atoms with van der Waals surface area (Å²) in [5, 5.41) is 13.5. The van der Waals surface area contributed by atoms with E-state index in [0.717, 1.165) is 32.6 Å². The Morgan fingerprint density at radius 2 is 1.88 bits per heavy atom. The van der Waals surface area contributed by atoms with Crippen molar-refractivity contribution in [1.82, 2.24) is 15.6 Å². The van der Waals surface area contributed by atoms with Crippen molar-refractivity contribution in [3.8, 4) is 0 Å². The van der Waals surface area contributed by atoms with Gasteiger partial charge in [-0.05, 0) is 46.8 Å². The highest BCUT2D eigenvalue weighted by Crippen LogP contribution is 2.28. The van der Waals surface area contributed by atoms with Gasteiger partial charge in [0.25, 0.3) is 0 Å². The number of H-pyrrole nitrogens is 1. The Morgan fingerprint density at radius 3 is 2.62 bits per heavy atom. The molecule has 0 fully saturated rings. The standard InChI is InChI=1S/C21H22N3OP/c1-3-6-15(7-4-5-12-22-24(2)25)16-8-10-20-18(13-16)19-14-17(26)9-11-21(19)23-20/h3-14,22-23,25H,1,26H2,2H3/b7-4-,12-5+,15-6+. The minimum absolute atomic E-state index is 0.885. The van der Waals surface area contributed by atoms with Crippen LogP contribution in [0.15, 0.2) is 79.6 Å². The number of fused-ring (bicyclic) bond motifs is 3. The van der Waals surface area contributed by atoms with Gasteiger partial charge in [0.1, 0.15) is 0 Å². The topological polar surface area (TPSA) is 51.3 Å². The first kappa shape index (κ1) is 18.2. The van der Waals surface area contributed by atoms with Gasteiger partial charge in [0.2, 0.25) is 0 Å². The molecule has 2 aromatic carbocycles. The summed E-state index contributed by atoms with van der Waals surface area (Å²) in [7, 11) is 4.26. The second-order valence-electron chi connectivity index (χ2n) is 5.92. The van der Waals surface area contributed by atoms with E-state index in [4.69, 9.17) is 5.21 Å². The lowest BCUT2D eigenvalue weighted by Gasteiger charge is -2.05. The number of allylic oxidation sites excluding steroid dienone is 6. The van der Waals surface area contributed by atoms with Gasteiger partial charge in [-0.25, -0.2) is 0 Å². The highest BCUT2D eigenvalue weighted by atomic mass is 31.0. The number of benzene rings is 2. The quantitative estimate of drug-likeness (QED) is 0.348. The number of hydrogen-bond acceptors (Lipinski definition) is 3. The molecule has 132 valence electrons. The normalized spacial score (nSPS) is 12.8. The first-order chi connectivity index (χ1) is 12.6. The Balaban J connectivity index is 1.98. The average molecular weight is 363 g/mol. The molecule has 0 aliphatic rings. The summed E-state index contributed by atoms with van der Waals surface area (Å²) in [6, 6.07) is 12.8. The minimum atomic E-state index is 0.885. The maximum absolute atomic E-state index is 9.03. The molecule has 0 spiro atoms. The maximum Gasteiger partial charge on any atom is 0.0465 e. The molecule has 1 heterocycles.